The van der Waals surface area contributed by atoms with E-state index < -0.39 is 0 Å². The molecule has 0 saturated carbocycles. The van der Waals surface area contributed by atoms with Crippen LogP contribution in [-0.2, 0) is 14.3 Å². The largest absolute Gasteiger partial charge is 0.462 e. The van der Waals surface area contributed by atoms with Gasteiger partial charge in [0.15, 0.2) is 0 Å². The molecule has 2 rings (SSSR count). The van der Waals surface area contributed by atoms with Crippen molar-refractivity contribution in [2.45, 2.75) is 25.5 Å². The Kier molecular flexibility index (Phi) is 1.30. The number of hydrogen-bond acceptors (Lipinski definition) is 3. The van der Waals surface area contributed by atoms with Gasteiger partial charge in [-0.05, 0) is 13.3 Å². The van der Waals surface area contributed by atoms with Crippen LogP contribution in [0.25, 0.3) is 0 Å². The van der Waals surface area contributed by atoms with Crippen LogP contribution in [0, 0.1) is 5.41 Å². The van der Waals surface area contributed by atoms with Crippen LogP contribution >= 0.6 is 0 Å². The molecular weight excluding hydrogens is 143 g/mol. The van der Waals surface area contributed by atoms with Gasteiger partial charge < -0.3 is 9.47 Å². The lowest BCUT2D eigenvalue weighted by atomic mass is 9.80. The van der Waals surface area contributed by atoms with Crippen molar-refractivity contribution in [3.05, 3.63) is 0 Å². The van der Waals surface area contributed by atoms with E-state index in [1.807, 2.05) is 14.8 Å². The highest BCUT2D eigenvalue weighted by Gasteiger charge is 2.54. The average Bonchev–Trinajstić information content (AvgIpc) is 2.32. The standard InChI is InChI=1S/C7H11BO3/c1-7-2-5(8)11-4(7)3-10-6(7)9/h4-5H,2-3,8H2,1H3/t4-,5+,7?/m0/s1. The average molecular weight is 154 g/mol. The third-order valence-corrected chi connectivity index (χ3v) is 2.65. The van der Waals surface area contributed by atoms with Gasteiger partial charge in [-0.25, -0.2) is 0 Å². The Bertz CT molecular complexity index is 206. The SMILES string of the molecule is B[C@H]1CC2(C)C(=O)OC[C@@H]2O1. The molecule has 0 spiro atoms. The van der Waals surface area contributed by atoms with E-state index in [1.54, 1.807) is 0 Å². The van der Waals surface area contributed by atoms with Crippen molar-refractivity contribution in [3.8, 4) is 0 Å². The van der Waals surface area contributed by atoms with Gasteiger partial charge in [-0.15, -0.1) is 0 Å². The maximum absolute atomic E-state index is 11.2. The van der Waals surface area contributed by atoms with Gasteiger partial charge in [-0.3, -0.25) is 4.79 Å². The van der Waals surface area contributed by atoms with Crippen molar-refractivity contribution in [2.24, 2.45) is 5.41 Å². The maximum atomic E-state index is 11.2. The molecule has 0 aromatic rings. The summed E-state index contributed by atoms with van der Waals surface area (Å²) >= 11 is 0. The predicted molar refractivity (Wildman–Crippen MR) is 40.9 cm³/mol. The number of hydrogen-bond donors (Lipinski definition) is 0. The summed E-state index contributed by atoms with van der Waals surface area (Å²) in [4.78, 5) is 11.2. The molecule has 4 heteroatoms. The summed E-state index contributed by atoms with van der Waals surface area (Å²) in [5.41, 5.74) is -0.348. The van der Waals surface area contributed by atoms with Gasteiger partial charge in [-0.1, -0.05) is 0 Å². The summed E-state index contributed by atoms with van der Waals surface area (Å²) in [6.07, 6.45) is 0.807. The lowest BCUT2D eigenvalue weighted by Crippen LogP contribution is -2.28. The van der Waals surface area contributed by atoms with E-state index >= 15 is 0 Å². The van der Waals surface area contributed by atoms with E-state index in [-0.39, 0.29) is 23.5 Å². The Balaban J connectivity index is 2.26. The highest BCUT2D eigenvalue weighted by molar-refractivity contribution is 6.11. The molecule has 0 N–H and O–H groups in total. The lowest BCUT2D eigenvalue weighted by Gasteiger charge is -2.14. The number of carbonyl (C=O) groups is 1. The zero-order chi connectivity index (χ0) is 8.06. The van der Waals surface area contributed by atoms with Gasteiger partial charge >= 0.3 is 5.97 Å². The van der Waals surface area contributed by atoms with E-state index in [2.05, 4.69) is 0 Å². The number of cyclic esters (lactones) is 1. The first-order valence-corrected chi connectivity index (χ1v) is 3.95. The van der Waals surface area contributed by atoms with Crippen LogP contribution in [0.2, 0.25) is 0 Å². The first-order chi connectivity index (χ1) is 5.13. The van der Waals surface area contributed by atoms with E-state index in [0.717, 1.165) is 6.42 Å². The van der Waals surface area contributed by atoms with Crippen molar-refractivity contribution in [2.75, 3.05) is 6.61 Å². The molecule has 0 aromatic heterocycles. The molecule has 2 saturated heterocycles. The quantitative estimate of drug-likeness (QED) is 0.341. The molecule has 2 heterocycles. The van der Waals surface area contributed by atoms with Gasteiger partial charge in [-0.2, -0.15) is 0 Å². The Morgan fingerprint density at radius 1 is 1.73 bits per heavy atom. The number of fused-ring (bicyclic) bond motifs is 1. The summed E-state index contributed by atoms with van der Waals surface area (Å²) in [6, 6.07) is 0.206. The normalized spacial score (nSPS) is 49.0. The van der Waals surface area contributed by atoms with Crippen LogP contribution < -0.4 is 0 Å². The molecule has 0 bridgehead atoms. The summed E-state index contributed by atoms with van der Waals surface area (Å²) in [6.45, 7) is 2.37. The van der Waals surface area contributed by atoms with Crippen LogP contribution in [0.4, 0.5) is 0 Å². The van der Waals surface area contributed by atoms with Crippen molar-refractivity contribution in [3.63, 3.8) is 0 Å². The molecule has 0 amide bonds. The highest BCUT2D eigenvalue weighted by Crippen LogP contribution is 2.42. The maximum Gasteiger partial charge on any atom is 0.314 e. The van der Waals surface area contributed by atoms with E-state index in [0.29, 0.717) is 6.61 Å². The predicted octanol–water partition coefficient (Wildman–Crippen LogP) is -0.702. The molecule has 0 radical (unpaired) electrons. The Morgan fingerprint density at radius 2 is 2.45 bits per heavy atom. The summed E-state index contributed by atoms with van der Waals surface area (Å²) < 4.78 is 10.4. The van der Waals surface area contributed by atoms with E-state index in [1.165, 1.54) is 0 Å². The fraction of sp³-hybridized carbons (Fsp3) is 0.857. The van der Waals surface area contributed by atoms with Crippen LogP contribution in [0.5, 0.6) is 0 Å². The minimum Gasteiger partial charge on any atom is -0.462 e. The third kappa shape index (κ3) is 0.821. The molecule has 1 unspecified atom stereocenters. The monoisotopic (exact) mass is 154 g/mol. The molecule has 3 atom stereocenters. The van der Waals surface area contributed by atoms with Crippen molar-refractivity contribution < 1.29 is 14.3 Å². The first kappa shape index (κ1) is 7.16. The lowest BCUT2D eigenvalue weighted by molar-refractivity contribution is -0.145. The van der Waals surface area contributed by atoms with Gasteiger partial charge in [0.1, 0.15) is 20.6 Å². The van der Waals surface area contributed by atoms with Crippen LogP contribution in [0.1, 0.15) is 13.3 Å². The molecular formula is C7H11BO3. The number of esters is 1. The topological polar surface area (TPSA) is 35.5 Å². The highest BCUT2D eigenvalue weighted by atomic mass is 16.6. The molecule has 2 aliphatic rings. The molecule has 60 valence electrons. The Hall–Kier alpha value is -0.505. The fourth-order valence-corrected chi connectivity index (χ4v) is 1.96. The second kappa shape index (κ2) is 2.00. The second-order valence-corrected chi connectivity index (χ2v) is 3.66. The third-order valence-electron chi connectivity index (χ3n) is 2.65. The second-order valence-electron chi connectivity index (χ2n) is 3.66. The van der Waals surface area contributed by atoms with Crippen molar-refractivity contribution >= 4 is 13.8 Å². The minimum absolute atomic E-state index is 0.00463. The van der Waals surface area contributed by atoms with Crippen molar-refractivity contribution in [1.82, 2.24) is 0 Å². The molecule has 2 fully saturated rings. The van der Waals surface area contributed by atoms with Crippen molar-refractivity contribution in [1.29, 1.82) is 0 Å². The molecule has 0 aliphatic carbocycles. The van der Waals surface area contributed by atoms with E-state index in [4.69, 9.17) is 9.47 Å². The number of carbonyl (C=O) groups excluding carboxylic acids is 1. The zero-order valence-electron chi connectivity index (χ0n) is 6.79. The number of rotatable bonds is 0. The van der Waals surface area contributed by atoms with Gasteiger partial charge in [0.2, 0.25) is 0 Å². The van der Waals surface area contributed by atoms with Crippen LogP contribution in [0.15, 0.2) is 0 Å². The molecule has 11 heavy (non-hydrogen) atoms. The smallest absolute Gasteiger partial charge is 0.314 e. The first-order valence-electron chi connectivity index (χ1n) is 3.95. The summed E-state index contributed by atoms with van der Waals surface area (Å²) in [5.74, 6) is -0.0909. The molecule has 3 nitrogen and oxygen atoms in total. The minimum atomic E-state index is -0.348. The van der Waals surface area contributed by atoms with Gasteiger partial charge in [0, 0.05) is 6.00 Å². The zero-order valence-corrected chi connectivity index (χ0v) is 6.79. The van der Waals surface area contributed by atoms with Gasteiger partial charge in [0.25, 0.3) is 0 Å². The molecule has 0 aromatic carbocycles. The summed E-state index contributed by atoms with van der Waals surface area (Å²) in [7, 11) is 2.00. The summed E-state index contributed by atoms with van der Waals surface area (Å²) in [5, 5.41) is 0. The van der Waals surface area contributed by atoms with Gasteiger partial charge in [0.05, 0.1) is 5.41 Å². The van der Waals surface area contributed by atoms with E-state index in [9.17, 15) is 4.79 Å². The van der Waals surface area contributed by atoms with Crippen LogP contribution in [-0.4, -0.2) is 32.5 Å². The number of ether oxygens (including phenoxy) is 2. The Labute approximate surface area is 66.5 Å². The molecule has 2 aliphatic heterocycles. The van der Waals surface area contributed by atoms with Crippen LogP contribution in [0.3, 0.4) is 0 Å². The Morgan fingerprint density at radius 3 is 3.09 bits per heavy atom. The fourth-order valence-electron chi connectivity index (χ4n) is 1.96.